The quantitative estimate of drug-likeness (QED) is 0.171. The van der Waals surface area contributed by atoms with Gasteiger partial charge in [0.25, 0.3) is 0 Å². The van der Waals surface area contributed by atoms with Gasteiger partial charge in [0.15, 0.2) is 0 Å². The Labute approximate surface area is 342 Å². The van der Waals surface area contributed by atoms with Crippen molar-refractivity contribution < 1.29 is 41.4 Å². The van der Waals surface area contributed by atoms with Crippen molar-refractivity contribution in [3.05, 3.63) is 129 Å². The molecule has 282 valence electrons. The zero-order valence-corrected chi connectivity index (χ0v) is 36.7. The molecule has 0 N–H and O–H groups in total. The summed E-state index contributed by atoms with van der Waals surface area (Å²) in [5.74, 6) is 1.54. The molecular formula is C51H60Cl2Ti. The van der Waals surface area contributed by atoms with Crippen LogP contribution in [0.4, 0.5) is 0 Å². The van der Waals surface area contributed by atoms with Gasteiger partial charge in [-0.15, -0.1) is 0 Å². The molecule has 5 aliphatic rings. The summed E-state index contributed by atoms with van der Waals surface area (Å²) in [5, 5.41) is 0. The molecule has 0 bridgehead atoms. The van der Waals surface area contributed by atoms with E-state index in [-0.39, 0.29) is 35.6 Å². The van der Waals surface area contributed by atoms with Gasteiger partial charge >= 0.3 is 320 Å². The van der Waals surface area contributed by atoms with E-state index in [1.807, 2.05) is 11.1 Å². The van der Waals surface area contributed by atoms with Crippen LogP contribution in [0, 0.1) is 11.8 Å². The van der Waals surface area contributed by atoms with Crippen LogP contribution in [0.3, 0.4) is 0 Å². The van der Waals surface area contributed by atoms with Crippen LogP contribution < -0.4 is 24.8 Å². The monoisotopic (exact) mass is 790 g/mol. The Morgan fingerprint density at radius 3 is 1.15 bits per heavy atom. The summed E-state index contributed by atoms with van der Waals surface area (Å²) in [6.45, 7) is 14.0. The first-order valence-electron chi connectivity index (χ1n) is 20.9. The van der Waals surface area contributed by atoms with Crippen molar-refractivity contribution >= 4 is 12.2 Å². The van der Waals surface area contributed by atoms with E-state index in [1.54, 1.807) is 22.3 Å². The molecule has 4 aromatic carbocycles. The van der Waals surface area contributed by atoms with E-state index in [9.17, 15) is 0 Å². The molecule has 0 nitrogen and oxygen atoms in total. The second-order valence-corrected chi connectivity index (χ2v) is 26.7. The van der Waals surface area contributed by atoms with Gasteiger partial charge in [-0.2, -0.15) is 0 Å². The zero-order chi connectivity index (χ0) is 35.8. The van der Waals surface area contributed by atoms with Crippen LogP contribution in [0.15, 0.2) is 96.1 Å². The maximum Gasteiger partial charge on any atom is -1.00 e. The minimum Gasteiger partial charge on any atom is -1.00 e. The smallest absolute Gasteiger partial charge is 1.00 e. The zero-order valence-electron chi connectivity index (χ0n) is 33.6. The van der Waals surface area contributed by atoms with E-state index in [2.05, 4.69) is 139 Å². The number of fused-ring (bicyclic) bond motifs is 2. The van der Waals surface area contributed by atoms with Crippen LogP contribution >= 0.6 is 0 Å². The van der Waals surface area contributed by atoms with Crippen LogP contribution in [0.1, 0.15) is 141 Å². The Kier molecular flexibility index (Phi) is 11.2. The average Bonchev–Trinajstić information content (AvgIpc) is 3.94. The summed E-state index contributed by atoms with van der Waals surface area (Å²) < 4.78 is 4.43. The van der Waals surface area contributed by atoms with Gasteiger partial charge in [-0.05, 0) is 0 Å². The Hall–Kier alpha value is -2.35. The molecular weight excluding hydrogens is 731 g/mol. The number of benzene rings is 4. The van der Waals surface area contributed by atoms with Gasteiger partial charge in [0, 0.05) is 0 Å². The van der Waals surface area contributed by atoms with Crippen LogP contribution in [0.5, 0.6) is 0 Å². The van der Waals surface area contributed by atoms with E-state index >= 15 is 0 Å². The minimum absolute atomic E-state index is 0. The molecule has 0 amide bonds. The van der Waals surface area contributed by atoms with Gasteiger partial charge in [0.1, 0.15) is 0 Å². The third-order valence-electron chi connectivity index (χ3n) is 14.4. The molecule has 3 heteroatoms. The molecule has 0 spiro atoms. The number of hydrogen-bond donors (Lipinski definition) is 0. The number of halogens is 2. The summed E-state index contributed by atoms with van der Waals surface area (Å²) in [6.07, 6.45) is 18.2. The standard InChI is InChI=1S/2C24H27.C3H6.2ClH.Ti/c2*1-24(2,3)21-13-11-18(12-14-21)22-10-6-9-19-15-20(16-23(19)22)17-7-4-5-8-17;1-3-2;;;/h2*6,9-17H,4-5,7-8H2,1-3H3;1-3H2;2*1H;/q;;;;;+2/p-2. The summed E-state index contributed by atoms with van der Waals surface area (Å²) in [7, 11) is 0. The molecule has 2 saturated carbocycles. The van der Waals surface area contributed by atoms with Gasteiger partial charge in [0.2, 0.25) is 0 Å². The van der Waals surface area contributed by atoms with Crippen molar-refractivity contribution in [3.63, 3.8) is 0 Å². The predicted molar refractivity (Wildman–Crippen MR) is 221 cm³/mol. The fourth-order valence-electron chi connectivity index (χ4n) is 11.5. The van der Waals surface area contributed by atoms with E-state index in [1.165, 1.54) is 101 Å². The van der Waals surface area contributed by atoms with Gasteiger partial charge in [-0.25, -0.2) is 0 Å². The molecule has 2 unspecified atom stereocenters. The minimum atomic E-state index is -2.64. The molecule has 1 aliphatic heterocycles. The molecule has 4 aromatic rings. The van der Waals surface area contributed by atoms with Crippen LogP contribution in [0.25, 0.3) is 34.4 Å². The van der Waals surface area contributed by atoms with Crippen molar-refractivity contribution in [2.45, 2.75) is 128 Å². The third-order valence-corrected chi connectivity index (χ3v) is 24.0. The van der Waals surface area contributed by atoms with Gasteiger partial charge in [0.05, 0.1) is 0 Å². The first-order chi connectivity index (χ1) is 25.0. The fraction of sp³-hybridized carbons (Fsp3) is 0.451. The van der Waals surface area contributed by atoms with Gasteiger partial charge in [-0.3, -0.25) is 0 Å². The van der Waals surface area contributed by atoms with E-state index in [0.29, 0.717) is 8.45 Å². The van der Waals surface area contributed by atoms with Gasteiger partial charge in [-0.1, -0.05) is 0 Å². The Morgan fingerprint density at radius 2 is 0.833 bits per heavy atom. The summed E-state index contributed by atoms with van der Waals surface area (Å²) in [6, 6.07) is 34.1. The summed E-state index contributed by atoms with van der Waals surface area (Å²) in [5.41, 5.74) is 19.2. The van der Waals surface area contributed by atoms with Crippen molar-refractivity contribution in [3.8, 4) is 22.3 Å². The Bertz CT molecular complexity index is 1890. The molecule has 1 heterocycles. The molecule has 4 aliphatic carbocycles. The number of rotatable bonds is 6. The Balaban J connectivity index is 0.00000225. The molecule has 54 heavy (non-hydrogen) atoms. The van der Waals surface area contributed by atoms with Crippen LogP contribution in [-0.4, -0.2) is 0 Å². The first kappa shape index (κ1) is 39.9. The second-order valence-electron chi connectivity index (χ2n) is 19.5. The van der Waals surface area contributed by atoms with Crippen LogP contribution in [-0.2, 0) is 27.4 Å². The normalized spacial score (nSPS) is 21.5. The van der Waals surface area contributed by atoms with Crippen molar-refractivity contribution in [1.82, 2.24) is 0 Å². The van der Waals surface area contributed by atoms with E-state index in [4.69, 9.17) is 0 Å². The van der Waals surface area contributed by atoms with E-state index < -0.39 is 16.6 Å². The predicted octanol–water partition coefficient (Wildman–Crippen LogP) is 8.97. The van der Waals surface area contributed by atoms with Crippen molar-refractivity contribution in [2.24, 2.45) is 11.8 Å². The summed E-state index contributed by atoms with van der Waals surface area (Å²) >= 11 is -2.64. The molecule has 1 saturated heterocycles. The molecule has 9 rings (SSSR count). The number of allylic oxidation sites excluding steroid dienone is 2. The maximum absolute atomic E-state index is 2.79. The third kappa shape index (κ3) is 6.78. The average molecular weight is 792 g/mol. The van der Waals surface area contributed by atoms with Crippen molar-refractivity contribution in [2.75, 3.05) is 0 Å². The number of hydrogen-bond acceptors (Lipinski definition) is 0. The largest absolute Gasteiger partial charge is 1.00 e. The van der Waals surface area contributed by atoms with E-state index in [0.717, 1.165) is 11.8 Å². The molecule has 2 atom stereocenters. The fourth-order valence-corrected chi connectivity index (χ4v) is 21.4. The van der Waals surface area contributed by atoms with Crippen molar-refractivity contribution in [1.29, 1.82) is 0 Å². The van der Waals surface area contributed by atoms with Crippen LogP contribution in [0.2, 0.25) is 9.45 Å². The molecule has 0 radical (unpaired) electrons. The second kappa shape index (κ2) is 15.2. The molecule has 3 fully saturated rings. The maximum atomic E-state index is 2.79. The van der Waals surface area contributed by atoms with Gasteiger partial charge < -0.3 is 24.8 Å². The SMILES string of the molecule is CC(C)(C)c1ccc(-c2cccc3c2C=C(C2CCCC2)[CH]3[Ti+2]2([CH]3C(C4CCCC4)=Cc4c(-c5ccc(C(C)(C)C)cc5)cccc43)[CH2]C[CH2]2)cc1.[Cl-].[Cl-]. The summed E-state index contributed by atoms with van der Waals surface area (Å²) in [4.78, 5) is 0. The molecule has 0 aromatic heterocycles. The topological polar surface area (TPSA) is 0 Å². The first-order valence-corrected chi connectivity index (χ1v) is 24.9. The Morgan fingerprint density at radius 1 is 0.463 bits per heavy atom.